The first-order valence-corrected chi connectivity index (χ1v) is 6.43. The van der Waals surface area contributed by atoms with Crippen LogP contribution in [0.5, 0.6) is 0 Å². The van der Waals surface area contributed by atoms with Crippen molar-refractivity contribution in [2.24, 2.45) is 5.92 Å². The molecule has 0 saturated carbocycles. The number of anilines is 1. The van der Waals surface area contributed by atoms with Crippen molar-refractivity contribution >= 4 is 17.6 Å². The van der Waals surface area contributed by atoms with Crippen molar-refractivity contribution in [2.75, 3.05) is 18.4 Å². The summed E-state index contributed by atoms with van der Waals surface area (Å²) in [6.07, 6.45) is 0.392. The van der Waals surface area contributed by atoms with Crippen LogP contribution >= 0.6 is 0 Å². The molecule has 0 spiro atoms. The Morgan fingerprint density at radius 3 is 2.63 bits per heavy atom. The Labute approximate surface area is 113 Å². The van der Waals surface area contributed by atoms with Crippen molar-refractivity contribution in [2.45, 2.75) is 34.1 Å². The number of carbonyl (C=O) groups excluding carboxylic acids is 2. The first-order chi connectivity index (χ1) is 8.92. The number of hydrogen-bond donors (Lipinski definition) is 1. The molecule has 0 aliphatic rings. The average molecular weight is 267 g/mol. The minimum atomic E-state index is -0.268. The predicted octanol–water partition coefficient (Wildman–Crippen LogP) is 1.82. The highest BCUT2D eigenvalue weighted by molar-refractivity contribution is 5.93. The Bertz CT molecular complexity index is 440. The van der Waals surface area contributed by atoms with Crippen molar-refractivity contribution in [3.05, 3.63) is 11.8 Å². The smallest absolute Gasteiger partial charge is 0.245 e. The molecular formula is C13H21N3O3. The maximum absolute atomic E-state index is 11.8. The Morgan fingerprint density at radius 1 is 1.47 bits per heavy atom. The Morgan fingerprint density at radius 2 is 2.16 bits per heavy atom. The van der Waals surface area contributed by atoms with E-state index in [0.29, 0.717) is 30.5 Å². The van der Waals surface area contributed by atoms with E-state index in [4.69, 9.17) is 4.52 Å². The molecule has 1 aromatic heterocycles. The number of aromatic nitrogens is 1. The molecule has 6 heteroatoms. The number of nitrogens with one attached hydrogen (secondary N) is 1. The van der Waals surface area contributed by atoms with E-state index in [2.05, 4.69) is 10.5 Å². The summed E-state index contributed by atoms with van der Waals surface area (Å²) in [5.41, 5.74) is 0. The average Bonchev–Trinajstić information content (AvgIpc) is 2.72. The van der Waals surface area contributed by atoms with Gasteiger partial charge in [0.05, 0.1) is 6.54 Å². The van der Waals surface area contributed by atoms with E-state index in [0.717, 1.165) is 0 Å². The molecule has 0 saturated heterocycles. The highest BCUT2D eigenvalue weighted by atomic mass is 16.5. The van der Waals surface area contributed by atoms with Crippen LogP contribution in [0.3, 0.4) is 0 Å². The molecule has 1 rings (SSSR count). The number of nitrogens with zero attached hydrogens (tertiary/aromatic N) is 2. The van der Waals surface area contributed by atoms with Gasteiger partial charge in [-0.1, -0.05) is 25.9 Å². The molecule has 2 amide bonds. The van der Waals surface area contributed by atoms with Crippen LogP contribution < -0.4 is 5.32 Å². The van der Waals surface area contributed by atoms with Gasteiger partial charge in [-0.3, -0.25) is 9.59 Å². The summed E-state index contributed by atoms with van der Waals surface area (Å²) in [6, 6.07) is 1.63. The molecule has 0 atom stereocenters. The molecule has 1 aromatic rings. The number of amides is 2. The fourth-order valence-electron chi connectivity index (χ4n) is 1.70. The second kappa shape index (κ2) is 6.92. The molecule has 0 aromatic carbocycles. The normalized spacial score (nSPS) is 10.6. The van der Waals surface area contributed by atoms with E-state index in [9.17, 15) is 9.59 Å². The van der Waals surface area contributed by atoms with Crippen molar-refractivity contribution < 1.29 is 14.1 Å². The lowest BCUT2D eigenvalue weighted by atomic mass is 10.2. The van der Waals surface area contributed by atoms with Crippen LogP contribution in [0.4, 0.5) is 5.82 Å². The third-order valence-electron chi connectivity index (χ3n) is 2.47. The van der Waals surface area contributed by atoms with Crippen molar-refractivity contribution in [3.8, 4) is 0 Å². The minimum Gasteiger partial charge on any atom is -0.360 e. The molecule has 1 N–H and O–H groups in total. The zero-order valence-corrected chi connectivity index (χ0v) is 11.9. The van der Waals surface area contributed by atoms with Gasteiger partial charge in [-0.15, -0.1) is 0 Å². The summed E-state index contributed by atoms with van der Waals surface area (Å²) in [4.78, 5) is 25.2. The van der Waals surface area contributed by atoms with E-state index in [1.54, 1.807) is 24.8 Å². The van der Waals surface area contributed by atoms with Crippen molar-refractivity contribution in [1.82, 2.24) is 10.1 Å². The fourth-order valence-corrected chi connectivity index (χ4v) is 1.70. The molecule has 0 aliphatic heterocycles. The van der Waals surface area contributed by atoms with E-state index >= 15 is 0 Å². The van der Waals surface area contributed by atoms with Gasteiger partial charge < -0.3 is 14.7 Å². The van der Waals surface area contributed by atoms with Gasteiger partial charge in [0.25, 0.3) is 0 Å². The van der Waals surface area contributed by atoms with E-state index < -0.39 is 0 Å². The van der Waals surface area contributed by atoms with Crippen LogP contribution in [0, 0.1) is 12.8 Å². The van der Waals surface area contributed by atoms with Gasteiger partial charge in [0.1, 0.15) is 5.76 Å². The third-order valence-corrected chi connectivity index (χ3v) is 2.47. The summed E-state index contributed by atoms with van der Waals surface area (Å²) >= 11 is 0. The predicted molar refractivity (Wildman–Crippen MR) is 71.6 cm³/mol. The van der Waals surface area contributed by atoms with Crippen LogP contribution in [-0.2, 0) is 9.59 Å². The lowest BCUT2D eigenvalue weighted by Crippen LogP contribution is -2.39. The van der Waals surface area contributed by atoms with Crippen molar-refractivity contribution in [1.29, 1.82) is 0 Å². The van der Waals surface area contributed by atoms with Crippen LogP contribution in [0.2, 0.25) is 0 Å². The second-order valence-corrected chi connectivity index (χ2v) is 4.89. The van der Waals surface area contributed by atoms with Gasteiger partial charge >= 0.3 is 0 Å². The monoisotopic (exact) mass is 267 g/mol. The summed E-state index contributed by atoms with van der Waals surface area (Å²) in [6.45, 7) is 8.15. The Kier molecular flexibility index (Phi) is 5.54. The SMILES string of the molecule is CCC(=O)N(CC(=O)Nc1cc(C)on1)CC(C)C. The molecule has 106 valence electrons. The third kappa shape index (κ3) is 5.11. The maximum Gasteiger partial charge on any atom is 0.245 e. The van der Waals surface area contributed by atoms with Gasteiger partial charge in [-0.05, 0) is 12.8 Å². The zero-order valence-electron chi connectivity index (χ0n) is 11.9. The fraction of sp³-hybridized carbons (Fsp3) is 0.615. The summed E-state index contributed by atoms with van der Waals surface area (Å²) < 4.78 is 4.86. The number of hydrogen-bond acceptors (Lipinski definition) is 4. The van der Waals surface area contributed by atoms with Gasteiger partial charge in [-0.25, -0.2) is 0 Å². The second-order valence-electron chi connectivity index (χ2n) is 4.89. The van der Waals surface area contributed by atoms with Crippen LogP contribution in [0.1, 0.15) is 33.0 Å². The van der Waals surface area contributed by atoms with Gasteiger partial charge in [0.15, 0.2) is 5.82 Å². The quantitative estimate of drug-likeness (QED) is 0.853. The Hall–Kier alpha value is -1.85. The zero-order chi connectivity index (χ0) is 14.4. The number of rotatable bonds is 6. The lowest BCUT2D eigenvalue weighted by Gasteiger charge is -2.23. The molecule has 0 bridgehead atoms. The molecule has 0 aliphatic carbocycles. The van der Waals surface area contributed by atoms with Gasteiger partial charge in [0.2, 0.25) is 11.8 Å². The molecule has 6 nitrogen and oxygen atoms in total. The van der Waals surface area contributed by atoms with Crippen LogP contribution in [0.15, 0.2) is 10.6 Å². The number of carbonyl (C=O) groups is 2. The summed E-state index contributed by atoms with van der Waals surface area (Å²) in [5.74, 6) is 1.02. The first-order valence-electron chi connectivity index (χ1n) is 6.43. The maximum atomic E-state index is 11.8. The number of aryl methyl sites for hydroxylation is 1. The van der Waals surface area contributed by atoms with E-state index in [1.807, 2.05) is 13.8 Å². The molecule has 0 radical (unpaired) electrons. The molecule has 1 heterocycles. The highest BCUT2D eigenvalue weighted by Gasteiger charge is 2.17. The lowest BCUT2D eigenvalue weighted by molar-refractivity contribution is -0.134. The Balaban J connectivity index is 2.57. The summed E-state index contributed by atoms with van der Waals surface area (Å²) in [5, 5.41) is 6.29. The molecule has 19 heavy (non-hydrogen) atoms. The van der Waals surface area contributed by atoms with E-state index in [1.165, 1.54) is 0 Å². The molecule has 0 fully saturated rings. The molecule has 0 unspecified atom stereocenters. The van der Waals surface area contributed by atoms with Crippen LogP contribution in [0.25, 0.3) is 0 Å². The van der Waals surface area contributed by atoms with Crippen LogP contribution in [-0.4, -0.2) is 35.0 Å². The standard InChI is InChI=1S/C13H21N3O3/c1-5-13(18)16(7-9(2)3)8-12(17)14-11-6-10(4)19-15-11/h6,9H,5,7-8H2,1-4H3,(H,14,15,17). The topological polar surface area (TPSA) is 75.4 Å². The largest absolute Gasteiger partial charge is 0.360 e. The first kappa shape index (κ1) is 15.2. The van der Waals surface area contributed by atoms with Crippen molar-refractivity contribution in [3.63, 3.8) is 0 Å². The minimum absolute atomic E-state index is 0.0276. The van der Waals surface area contributed by atoms with Gasteiger partial charge in [-0.2, -0.15) is 0 Å². The highest BCUT2D eigenvalue weighted by Crippen LogP contribution is 2.07. The van der Waals surface area contributed by atoms with E-state index in [-0.39, 0.29) is 18.4 Å². The summed E-state index contributed by atoms with van der Waals surface area (Å²) in [7, 11) is 0. The van der Waals surface area contributed by atoms with Gasteiger partial charge in [0, 0.05) is 19.0 Å². The molecular weight excluding hydrogens is 246 g/mol.